The maximum atomic E-state index is 8.70. The highest BCUT2D eigenvalue weighted by atomic mass is 16.5. The Morgan fingerprint density at radius 2 is 2.44 bits per heavy atom. The summed E-state index contributed by atoms with van der Waals surface area (Å²) in [4.78, 5) is 0. The maximum Gasteiger partial charge on any atom is 0.0531 e. The van der Waals surface area contributed by atoms with E-state index in [1.54, 1.807) is 0 Å². The smallest absolute Gasteiger partial charge is 0.0531 e. The standard InChI is InChI=1S/C6H13NO2/c7-6-1-2-9-4-5(6)3-8/h5-6,8H,1-4,7H2/t5-,6-/m0/s1. The molecule has 3 N–H and O–H groups in total. The van der Waals surface area contributed by atoms with E-state index in [2.05, 4.69) is 0 Å². The molecule has 1 saturated heterocycles. The molecule has 1 aliphatic rings. The molecule has 2 atom stereocenters. The highest BCUT2D eigenvalue weighted by molar-refractivity contribution is 4.74. The van der Waals surface area contributed by atoms with E-state index in [4.69, 9.17) is 15.6 Å². The lowest BCUT2D eigenvalue weighted by Gasteiger charge is -2.26. The second kappa shape index (κ2) is 3.15. The second-order valence-electron chi connectivity index (χ2n) is 2.47. The van der Waals surface area contributed by atoms with Crippen LogP contribution in [0.15, 0.2) is 0 Å². The van der Waals surface area contributed by atoms with Crippen molar-refractivity contribution in [2.24, 2.45) is 11.7 Å². The van der Waals surface area contributed by atoms with Crippen LogP contribution in [0.2, 0.25) is 0 Å². The first-order valence-corrected chi connectivity index (χ1v) is 3.28. The number of hydrogen-bond donors (Lipinski definition) is 2. The summed E-state index contributed by atoms with van der Waals surface area (Å²) in [5.74, 6) is 0.166. The molecule has 0 saturated carbocycles. The predicted molar refractivity (Wildman–Crippen MR) is 34.0 cm³/mol. The molecular weight excluding hydrogens is 118 g/mol. The van der Waals surface area contributed by atoms with Crippen LogP contribution in [0, 0.1) is 5.92 Å². The normalized spacial score (nSPS) is 36.7. The van der Waals surface area contributed by atoms with Crippen LogP contribution in [0.25, 0.3) is 0 Å². The Balaban J connectivity index is 2.30. The van der Waals surface area contributed by atoms with Crippen LogP contribution in [0.3, 0.4) is 0 Å². The number of ether oxygens (including phenoxy) is 1. The lowest BCUT2D eigenvalue weighted by molar-refractivity contribution is 0.0179. The summed E-state index contributed by atoms with van der Waals surface area (Å²) in [6.45, 7) is 1.52. The first-order valence-electron chi connectivity index (χ1n) is 3.28. The van der Waals surface area contributed by atoms with Gasteiger partial charge < -0.3 is 15.6 Å². The van der Waals surface area contributed by atoms with Crippen molar-refractivity contribution in [3.8, 4) is 0 Å². The highest BCUT2D eigenvalue weighted by Gasteiger charge is 2.20. The van der Waals surface area contributed by atoms with Gasteiger partial charge in [0, 0.05) is 25.2 Å². The number of hydrogen-bond acceptors (Lipinski definition) is 3. The molecule has 3 heteroatoms. The Kier molecular flexibility index (Phi) is 2.45. The van der Waals surface area contributed by atoms with Gasteiger partial charge >= 0.3 is 0 Å². The third-order valence-electron chi connectivity index (χ3n) is 1.77. The molecule has 9 heavy (non-hydrogen) atoms. The van der Waals surface area contributed by atoms with Crippen molar-refractivity contribution in [2.75, 3.05) is 19.8 Å². The van der Waals surface area contributed by atoms with Crippen molar-refractivity contribution in [3.63, 3.8) is 0 Å². The van der Waals surface area contributed by atoms with E-state index < -0.39 is 0 Å². The zero-order valence-corrected chi connectivity index (χ0v) is 5.42. The first-order chi connectivity index (χ1) is 4.34. The summed E-state index contributed by atoms with van der Waals surface area (Å²) >= 11 is 0. The molecule has 0 aromatic rings. The summed E-state index contributed by atoms with van der Waals surface area (Å²) < 4.78 is 5.10. The number of aliphatic hydroxyl groups excluding tert-OH is 1. The topological polar surface area (TPSA) is 55.5 Å². The number of rotatable bonds is 1. The van der Waals surface area contributed by atoms with Crippen LogP contribution in [0.1, 0.15) is 6.42 Å². The predicted octanol–water partition coefficient (Wildman–Crippen LogP) is -0.658. The summed E-state index contributed by atoms with van der Waals surface area (Å²) in [6, 6.07) is 0.142. The average Bonchev–Trinajstić information content (AvgIpc) is 1.89. The van der Waals surface area contributed by atoms with Crippen molar-refractivity contribution >= 4 is 0 Å². The summed E-state index contributed by atoms with van der Waals surface area (Å²) in [5.41, 5.74) is 5.65. The van der Waals surface area contributed by atoms with Gasteiger partial charge in [-0.2, -0.15) is 0 Å². The molecule has 0 aromatic carbocycles. The molecule has 0 bridgehead atoms. The van der Waals surface area contributed by atoms with E-state index in [1.165, 1.54) is 0 Å². The van der Waals surface area contributed by atoms with Crippen LogP contribution in [-0.4, -0.2) is 31.0 Å². The van der Waals surface area contributed by atoms with Gasteiger partial charge in [0.1, 0.15) is 0 Å². The van der Waals surface area contributed by atoms with Crippen molar-refractivity contribution < 1.29 is 9.84 Å². The van der Waals surface area contributed by atoms with Crippen LogP contribution in [0.4, 0.5) is 0 Å². The minimum absolute atomic E-state index is 0.142. The van der Waals surface area contributed by atoms with Gasteiger partial charge in [-0.05, 0) is 6.42 Å². The zero-order valence-electron chi connectivity index (χ0n) is 5.42. The SMILES string of the molecule is N[C@H]1CCOC[C@@H]1CO. The minimum atomic E-state index is 0.142. The molecule has 54 valence electrons. The summed E-state index contributed by atoms with van der Waals surface area (Å²) in [5, 5.41) is 8.70. The fourth-order valence-electron chi connectivity index (χ4n) is 1.00. The molecule has 1 fully saturated rings. The minimum Gasteiger partial charge on any atom is -0.396 e. The first kappa shape index (κ1) is 6.99. The van der Waals surface area contributed by atoms with Gasteiger partial charge in [0.25, 0.3) is 0 Å². The van der Waals surface area contributed by atoms with Crippen molar-refractivity contribution in [2.45, 2.75) is 12.5 Å². The van der Waals surface area contributed by atoms with Gasteiger partial charge in [-0.1, -0.05) is 0 Å². The zero-order chi connectivity index (χ0) is 6.69. The van der Waals surface area contributed by atoms with E-state index in [-0.39, 0.29) is 18.6 Å². The van der Waals surface area contributed by atoms with Gasteiger partial charge in [0.15, 0.2) is 0 Å². The molecule has 1 heterocycles. The Bertz CT molecular complexity index is 87.1. The molecule has 0 radical (unpaired) electrons. The molecule has 1 rings (SSSR count). The molecule has 0 unspecified atom stereocenters. The van der Waals surface area contributed by atoms with Gasteiger partial charge in [0.05, 0.1) is 6.61 Å². The van der Waals surface area contributed by atoms with Crippen molar-refractivity contribution in [1.29, 1.82) is 0 Å². The summed E-state index contributed by atoms with van der Waals surface area (Å²) in [7, 11) is 0. The number of aliphatic hydroxyl groups is 1. The highest BCUT2D eigenvalue weighted by Crippen LogP contribution is 2.10. The van der Waals surface area contributed by atoms with Gasteiger partial charge in [0.2, 0.25) is 0 Å². The lowest BCUT2D eigenvalue weighted by Crippen LogP contribution is -2.40. The van der Waals surface area contributed by atoms with Crippen molar-refractivity contribution in [1.82, 2.24) is 0 Å². The monoisotopic (exact) mass is 131 g/mol. The Morgan fingerprint density at radius 3 is 2.89 bits per heavy atom. The average molecular weight is 131 g/mol. The Morgan fingerprint density at radius 1 is 1.67 bits per heavy atom. The summed E-state index contributed by atoms with van der Waals surface area (Å²) in [6.07, 6.45) is 0.880. The second-order valence-corrected chi connectivity index (χ2v) is 2.47. The third-order valence-corrected chi connectivity index (χ3v) is 1.77. The maximum absolute atomic E-state index is 8.70. The molecule has 3 nitrogen and oxygen atoms in total. The molecule has 0 spiro atoms. The number of nitrogens with two attached hydrogens (primary N) is 1. The Labute approximate surface area is 54.8 Å². The lowest BCUT2D eigenvalue weighted by atomic mass is 9.98. The van der Waals surface area contributed by atoms with Crippen molar-refractivity contribution in [3.05, 3.63) is 0 Å². The van der Waals surface area contributed by atoms with Crippen LogP contribution in [-0.2, 0) is 4.74 Å². The fraction of sp³-hybridized carbons (Fsp3) is 1.00. The fourth-order valence-corrected chi connectivity index (χ4v) is 1.00. The van der Waals surface area contributed by atoms with Crippen LogP contribution in [0.5, 0.6) is 0 Å². The van der Waals surface area contributed by atoms with E-state index in [1.807, 2.05) is 0 Å². The quantitative estimate of drug-likeness (QED) is 0.497. The Hall–Kier alpha value is -0.120. The molecule has 0 amide bonds. The largest absolute Gasteiger partial charge is 0.396 e. The molecule has 1 aliphatic heterocycles. The van der Waals surface area contributed by atoms with E-state index in [0.717, 1.165) is 13.0 Å². The van der Waals surface area contributed by atoms with E-state index in [0.29, 0.717) is 6.61 Å². The van der Waals surface area contributed by atoms with Gasteiger partial charge in [-0.25, -0.2) is 0 Å². The van der Waals surface area contributed by atoms with Gasteiger partial charge in [-0.15, -0.1) is 0 Å². The third kappa shape index (κ3) is 1.64. The van der Waals surface area contributed by atoms with Crippen LogP contribution < -0.4 is 5.73 Å². The van der Waals surface area contributed by atoms with Gasteiger partial charge in [-0.3, -0.25) is 0 Å². The van der Waals surface area contributed by atoms with Crippen LogP contribution >= 0.6 is 0 Å². The van der Waals surface area contributed by atoms with E-state index >= 15 is 0 Å². The van der Waals surface area contributed by atoms with E-state index in [9.17, 15) is 0 Å². The molecule has 0 aromatic heterocycles. The molecular formula is C6H13NO2. The molecule has 0 aliphatic carbocycles.